The molecule has 20 heteroatoms. The molecule has 17 N–H and O–H groups in total. The Balaban J connectivity index is 2.10. The van der Waals surface area contributed by atoms with E-state index in [0.29, 0.717) is 5.06 Å². The van der Waals surface area contributed by atoms with Crippen LogP contribution in [0.2, 0.25) is 0 Å². The summed E-state index contributed by atoms with van der Waals surface area (Å²) in [5.74, 6) is 0. The molecule has 0 spiro atoms. The smallest absolute Gasteiger partial charge is 0.341 e. The van der Waals surface area contributed by atoms with Crippen LogP contribution in [-0.4, -0.2) is 191 Å². The number of aliphatic hydroxyl groups excluding tert-OH is 6. The third kappa shape index (κ3) is 11.4. The number of hydrogen-bond donors (Lipinski definition) is 14. The van der Waals surface area contributed by atoms with Crippen molar-refractivity contribution in [3.8, 4) is 0 Å². The lowest BCUT2D eigenvalue weighted by Gasteiger charge is -2.45. The van der Waals surface area contributed by atoms with Gasteiger partial charge in [-0.25, -0.2) is 9.86 Å². The second-order valence-corrected chi connectivity index (χ2v) is 11.6. The number of rotatable bonds is 18. The SMILES string of the molecule is CN[C@@H]1[C@@H](O)[C@@H](O[C@H](CO)[C@@H](C[C@H](N)CO[C@H]2O[C@H](CNCC(N)CO)[C@@H](O)[C@H](O)[C@H]2O)NC(=O)N(O)CCN)OC[C@]1(C)O. The molecule has 0 bridgehead atoms. The molecule has 2 heterocycles. The van der Waals surface area contributed by atoms with E-state index in [2.05, 4.69) is 16.0 Å². The third-order valence-corrected chi connectivity index (χ3v) is 7.65. The topological polar surface area (TPSA) is 333 Å². The maximum atomic E-state index is 12.6. The number of carbonyl (C=O) groups excluding carboxylic acids is 1. The van der Waals surface area contributed by atoms with Crippen LogP contribution < -0.4 is 33.2 Å². The molecular weight excluding hydrogens is 606 g/mol. The molecule has 0 aromatic heterocycles. The van der Waals surface area contributed by atoms with Crippen LogP contribution in [0.15, 0.2) is 0 Å². The number of hydrogen-bond acceptors (Lipinski definition) is 18. The lowest BCUT2D eigenvalue weighted by Crippen LogP contribution is -2.66. The number of urea groups is 1. The number of amides is 2. The van der Waals surface area contributed by atoms with E-state index in [1.165, 1.54) is 14.0 Å². The highest BCUT2D eigenvalue weighted by Gasteiger charge is 2.47. The molecule has 266 valence electrons. The lowest BCUT2D eigenvalue weighted by atomic mass is 9.90. The van der Waals surface area contributed by atoms with Gasteiger partial charge in [-0.2, -0.15) is 0 Å². The number of carbonyl (C=O) groups is 1. The van der Waals surface area contributed by atoms with Crippen molar-refractivity contribution in [3.05, 3.63) is 0 Å². The van der Waals surface area contributed by atoms with Crippen molar-refractivity contribution in [2.75, 3.05) is 59.7 Å². The van der Waals surface area contributed by atoms with E-state index in [4.69, 9.17) is 41.3 Å². The van der Waals surface area contributed by atoms with Gasteiger partial charge < -0.3 is 87.8 Å². The van der Waals surface area contributed by atoms with Crippen molar-refractivity contribution in [1.82, 2.24) is 21.0 Å². The zero-order valence-corrected chi connectivity index (χ0v) is 25.6. The summed E-state index contributed by atoms with van der Waals surface area (Å²) in [6.07, 6.45) is -11.3. The van der Waals surface area contributed by atoms with Crippen molar-refractivity contribution >= 4 is 6.03 Å². The first kappa shape index (κ1) is 39.8. The molecule has 2 aliphatic heterocycles. The Kier molecular flexibility index (Phi) is 16.6. The number of likely N-dealkylation sites (N-methyl/N-ethyl adjacent to an activating group) is 1. The first-order chi connectivity index (χ1) is 21.2. The van der Waals surface area contributed by atoms with Crippen molar-refractivity contribution in [2.24, 2.45) is 17.2 Å². The normalized spacial score (nSPS) is 35.0. The fourth-order valence-electron chi connectivity index (χ4n) is 5.07. The molecule has 0 saturated carbocycles. The average molecular weight is 660 g/mol. The number of nitrogens with two attached hydrogens (primary N) is 3. The van der Waals surface area contributed by atoms with Gasteiger partial charge in [0.1, 0.15) is 42.2 Å². The summed E-state index contributed by atoms with van der Waals surface area (Å²) in [5, 5.41) is 90.1. The second-order valence-electron chi connectivity index (χ2n) is 11.6. The number of ether oxygens (including phenoxy) is 4. The summed E-state index contributed by atoms with van der Waals surface area (Å²) >= 11 is 0. The maximum Gasteiger partial charge on any atom is 0.341 e. The van der Waals surface area contributed by atoms with Gasteiger partial charge in [0.2, 0.25) is 0 Å². The highest BCUT2D eigenvalue weighted by molar-refractivity contribution is 5.73. The van der Waals surface area contributed by atoms with Crippen molar-refractivity contribution < 1.29 is 64.7 Å². The van der Waals surface area contributed by atoms with Crippen LogP contribution in [0.3, 0.4) is 0 Å². The molecule has 2 rings (SSSR count). The first-order valence-corrected chi connectivity index (χ1v) is 14.8. The Bertz CT molecular complexity index is 868. The van der Waals surface area contributed by atoms with Crippen LogP contribution in [0.25, 0.3) is 0 Å². The molecule has 0 aliphatic carbocycles. The highest BCUT2D eigenvalue weighted by atomic mass is 16.7. The van der Waals surface area contributed by atoms with Gasteiger partial charge in [0, 0.05) is 31.7 Å². The lowest BCUT2D eigenvalue weighted by molar-refractivity contribution is -0.296. The largest absolute Gasteiger partial charge is 0.395 e. The van der Waals surface area contributed by atoms with Gasteiger partial charge in [-0.05, 0) is 20.4 Å². The standard InChI is InChI=1S/C25H53N7O13/c1-25(40)11-43-23(20(38)21(25)29-2)45-16(9-34)14(31-24(39)32(41)4-3-26)5-12(27)10-42-22-19(37)18(36)17(35)15(44-22)7-30-6-13(28)8-33/h12-23,29-30,33-38,40-41H,3-11,26-28H2,1-2H3,(H,31,39)/t12-,13?,14+,15+,16+,17+,18-,19+,20+,21+,22-,23+,25-/m0/s1. The Morgan fingerprint density at radius 3 is 2.36 bits per heavy atom. The summed E-state index contributed by atoms with van der Waals surface area (Å²) in [7, 11) is 1.53. The quantitative estimate of drug-likeness (QED) is 0.0480. The van der Waals surface area contributed by atoms with Crippen molar-refractivity contribution in [2.45, 2.75) is 92.3 Å². The van der Waals surface area contributed by atoms with Gasteiger partial charge >= 0.3 is 6.03 Å². The minimum absolute atomic E-state index is 0.00751. The van der Waals surface area contributed by atoms with Crippen LogP contribution in [-0.2, 0) is 18.9 Å². The molecule has 2 aliphatic rings. The number of aliphatic hydroxyl groups is 7. The molecule has 0 aromatic rings. The van der Waals surface area contributed by atoms with Crippen molar-refractivity contribution in [1.29, 1.82) is 0 Å². The van der Waals surface area contributed by atoms with Crippen LogP contribution in [0.4, 0.5) is 4.79 Å². The summed E-state index contributed by atoms with van der Waals surface area (Å²) in [6, 6.07) is -4.46. The van der Waals surface area contributed by atoms with Crippen molar-refractivity contribution in [3.63, 3.8) is 0 Å². The Hall–Kier alpha value is -1.41. The fraction of sp³-hybridized carbons (Fsp3) is 0.960. The van der Waals surface area contributed by atoms with Crippen LogP contribution in [0.5, 0.6) is 0 Å². The number of hydroxylamine groups is 2. The molecule has 13 atom stereocenters. The first-order valence-electron chi connectivity index (χ1n) is 14.8. The minimum Gasteiger partial charge on any atom is -0.395 e. The molecule has 2 saturated heterocycles. The van der Waals surface area contributed by atoms with E-state index < -0.39 is 91.6 Å². The van der Waals surface area contributed by atoms with E-state index in [-0.39, 0.29) is 52.4 Å². The molecule has 0 aromatic carbocycles. The summed E-state index contributed by atoms with van der Waals surface area (Å²) in [4.78, 5) is 12.6. The van der Waals surface area contributed by atoms with E-state index in [1.54, 1.807) is 0 Å². The number of nitrogens with one attached hydrogen (secondary N) is 3. The minimum atomic E-state index is -1.64. The fourth-order valence-corrected chi connectivity index (χ4v) is 5.07. The molecule has 0 radical (unpaired) electrons. The van der Waals surface area contributed by atoms with E-state index in [9.17, 15) is 40.6 Å². The third-order valence-electron chi connectivity index (χ3n) is 7.65. The van der Waals surface area contributed by atoms with Crippen LogP contribution >= 0.6 is 0 Å². The molecule has 1 unspecified atom stereocenters. The Labute approximate surface area is 261 Å². The summed E-state index contributed by atoms with van der Waals surface area (Å²) in [6.45, 7) is -0.115. The molecule has 20 nitrogen and oxygen atoms in total. The van der Waals surface area contributed by atoms with E-state index in [1.807, 2.05) is 0 Å². The van der Waals surface area contributed by atoms with Gasteiger partial charge in [0.15, 0.2) is 12.6 Å². The molecule has 2 amide bonds. The monoisotopic (exact) mass is 659 g/mol. The maximum absolute atomic E-state index is 12.6. The van der Waals surface area contributed by atoms with Gasteiger partial charge in [-0.3, -0.25) is 5.21 Å². The zero-order chi connectivity index (χ0) is 33.9. The average Bonchev–Trinajstić information content (AvgIpc) is 2.99. The summed E-state index contributed by atoms with van der Waals surface area (Å²) < 4.78 is 22.6. The predicted octanol–water partition coefficient (Wildman–Crippen LogP) is -7.40. The van der Waals surface area contributed by atoms with Gasteiger partial charge in [-0.1, -0.05) is 0 Å². The van der Waals surface area contributed by atoms with Crippen LogP contribution in [0, 0.1) is 0 Å². The highest BCUT2D eigenvalue weighted by Crippen LogP contribution is 2.26. The molecular formula is C25H53N7O13. The van der Waals surface area contributed by atoms with Gasteiger partial charge in [-0.15, -0.1) is 0 Å². The van der Waals surface area contributed by atoms with E-state index >= 15 is 0 Å². The molecule has 2 fully saturated rings. The number of nitrogens with zero attached hydrogens (tertiary/aromatic N) is 1. The van der Waals surface area contributed by atoms with Crippen LogP contribution in [0.1, 0.15) is 13.3 Å². The van der Waals surface area contributed by atoms with Gasteiger partial charge in [0.25, 0.3) is 0 Å². The van der Waals surface area contributed by atoms with E-state index in [0.717, 1.165) is 0 Å². The second kappa shape index (κ2) is 18.8. The predicted molar refractivity (Wildman–Crippen MR) is 154 cm³/mol. The van der Waals surface area contributed by atoms with Gasteiger partial charge in [0.05, 0.1) is 45.1 Å². The summed E-state index contributed by atoms with van der Waals surface area (Å²) in [5.41, 5.74) is 15.9. The molecule has 45 heavy (non-hydrogen) atoms. The zero-order valence-electron chi connectivity index (χ0n) is 25.6. The Morgan fingerprint density at radius 2 is 1.76 bits per heavy atom. The Morgan fingerprint density at radius 1 is 1.07 bits per heavy atom.